The maximum atomic E-state index is 12.1. The molecule has 2 amide bonds. The summed E-state index contributed by atoms with van der Waals surface area (Å²) in [6.45, 7) is 9.26. The van der Waals surface area contributed by atoms with Crippen LogP contribution < -0.4 is 5.32 Å². The van der Waals surface area contributed by atoms with Crippen LogP contribution in [-0.4, -0.2) is 29.8 Å². The Morgan fingerprint density at radius 2 is 2.18 bits per heavy atom. The van der Waals surface area contributed by atoms with E-state index in [0.29, 0.717) is 18.9 Å². The Bertz CT molecular complexity index is 376. The highest BCUT2D eigenvalue weighted by molar-refractivity contribution is 5.93. The van der Waals surface area contributed by atoms with Crippen molar-refractivity contribution in [1.29, 1.82) is 0 Å². The third kappa shape index (κ3) is 2.21. The van der Waals surface area contributed by atoms with Crippen LogP contribution in [0.1, 0.15) is 33.1 Å². The van der Waals surface area contributed by atoms with Gasteiger partial charge in [-0.15, -0.1) is 0 Å². The highest BCUT2D eigenvalue weighted by atomic mass is 16.2. The summed E-state index contributed by atoms with van der Waals surface area (Å²) >= 11 is 0. The van der Waals surface area contributed by atoms with E-state index in [0.717, 1.165) is 25.1 Å². The van der Waals surface area contributed by atoms with Gasteiger partial charge in [0.1, 0.15) is 0 Å². The minimum Gasteiger partial charge on any atom is -0.341 e. The molecule has 0 radical (unpaired) electrons. The molecule has 1 atom stereocenters. The van der Waals surface area contributed by atoms with Crippen LogP contribution in [0.5, 0.6) is 0 Å². The van der Waals surface area contributed by atoms with Gasteiger partial charge in [0.15, 0.2) is 0 Å². The first-order valence-electron chi connectivity index (χ1n) is 6.20. The molecule has 2 rings (SSSR count). The molecule has 0 saturated carbocycles. The first-order valence-corrected chi connectivity index (χ1v) is 6.20. The van der Waals surface area contributed by atoms with Crippen LogP contribution in [0.15, 0.2) is 12.3 Å². The van der Waals surface area contributed by atoms with Gasteiger partial charge in [0.25, 0.3) is 0 Å². The normalized spacial score (nSPS) is 29.4. The van der Waals surface area contributed by atoms with Crippen molar-refractivity contribution in [2.75, 3.05) is 13.1 Å². The third-order valence-corrected chi connectivity index (χ3v) is 3.60. The zero-order valence-corrected chi connectivity index (χ0v) is 10.6. The molecule has 0 aromatic rings. The Balaban J connectivity index is 2.11. The maximum Gasteiger partial charge on any atom is 0.232 e. The molecule has 1 unspecified atom stereocenters. The van der Waals surface area contributed by atoms with E-state index < -0.39 is 5.41 Å². The van der Waals surface area contributed by atoms with Crippen molar-refractivity contribution in [3.8, 4) is 0 Å². The number of amides is 2. The zero-order chi connectivity index (χ0) is 12.6. The van der Waals surface area contributed by atoms with Gasteiger partial charge in [-0.05, 0) is 18.8 Å². The lowest BCUT2D eigenvalue weighted by Crippen LogP contribution is -2.46. The first kappa shape index (κ1) is 12.1. The predicted molar refractivity (Wildman–Crippen MR) is 65.0 cm³/mol. The smallest absolute Gasteiger partial charge is 0.232 e. The quantitative estimate of drug-likeness (QED) is 0.785. The molecule has 2 saturated heterocycles. The van der Waals surface area contributed by atoms with E-state index in [2.05, 4.69) is 25.7 Å². The van der Waals surface area contributed by atoms with Gasteiger partial charge in [-0.2, -0.15) is 0 Å². The summed E-state index contributed by atoms with van der Waals surface area (Å²) in [6.07, 6.45) is 1.89. The second-order valence-electron chi connectivity index (χ2n) is 5.68. The predicted octanol–water partition coefficient (Wildman–Crippen LogP) is 1.28. The SMILES string of the molecule is C=C1CCC2(CC(=O)N(CC(C)C)C2)C(=O)N1. The Morgan fingerprint density at radius 1 is 1.47 bits per heavy atom. The number of allylic oxidation sites excluding steroid dienone is 1. The Morgan fingerprint density at radius 3 is 2.76 bits per heavy atom. The van der Waals surface area contributed by atoms with Gasteiger partial charge in [-0.25, -0.2) is 0 Å². The largest absolute Gasteiger partial charge is 0.341 e. The molecule has 2 aliphatic heterocycles. The molecular formula is C13H20N2O2. The van der Waals surface area contributed by atoms with Gasteiger partial charge in [-0.3, -0.25) is 9.59 Å². The summed E-state index contributed by atoms with van der Waals surface area (Å²) in [5.74, 6) is 0.533. The van der Waals surface area contributed by atoms with Gasteiger partial charge < -0.3 is 10.2 Å². The van der Waals surface area contributed by atoms with Crippen LogP contribution in [0, 0.1) is 11.3 Å². The lowest BCUT2D eigenvalue weighted by molar-refractivity contribution is -0.133. The molecule has 1 N–H and O–H groups in total. The number of piperidine rings is 1. The fraction of sp³-hybridized carbons (Fsp3) is 0.692. The van der Waals surface area contributed by atoms with Crippen molar-refractivity contribution in [3.63, 3.8) is 0 Å². The summed E-state index contributed by atoms with van der Waals surface area (Å²) in [4.78, 5) is 25.8. The lowest BCUT2D eigenvalue weighted by Gasteiger charge is -2.32. The number of likely N-dealkylation sites (tertiary alicyclic amines) is 1. The van der Waals surface area contributed by atoms with Crippen LogP contribution in [0.25, 0.3) is 0 Å². The van der Waals surface area contributed by atoms with E-state index in [9.17, 15) is 9.59 Å². The van der Waals surface area contributed by atoms with Crippen LogP contribution in [-0.2, 0) is 9.59 Å². The van der Waals surface area contributed by atoms with E-state index in [-0.39, 0.29) is 11.8 Å². The van der Waals surface area contributed by atoms with Crippen LogP contribution in [0.4, 0.5) is 0 Å². The van der Waals surface area contributed by atoms with Crippen LogP contribution in [0.2, 0.25) is 0 Å². The van der Waals surface area contributed by atoms with E-state index in [1.165, 1.54) is 0 Å². The highest BCUT2D eigenvalue weighted by Gasteiger charge is 2.50. The molecule has 4 heteroatoms. The van der Waals surface area contributed by atoms with Gasteiger partial charge in [0, 0.05) is 25.2 Å². The zero-order valence-electron chi connectivity index (χ0n) is 10.6. The number of rotatable bonds is 2. The number of carbonyl (C=O) groups is 2. The molecule has 2 fully saturated rings. The lowest BCUT2D eigenvalue weighted by atomic mass is 9.78. The van der Waals surface area contributed by atoms with Crippen molar-refractivity contribution in [3.05, 3.63) is 12.3 Å². The fourth-order valence-electron chi connectivity index (χ4n) is 2.70. The Hall–Kier alpha value is -1.32. The molecule has 2 heterocycles. The fourth-order valence-corrected chi connectivity index (χ4v) is 2.70. The average molecular weight is 236 g/mol. The summed E-state index contributed by atoms with van der Waals surface area (Å²) < 4.78 is 0. The second-order valence-corrected chi connectivity index (χ2v) is 5.68. The molecule has 0 aromatic heterocycles. The van der Waals surface area contributed by atoms with Crippen LogP contribution >= 0.6 is 0 Å². The first-order chi connectivity index (χ1) is 7.93. The summed E-state index contributed by atoms with van der Waals surface area (Å²) in [5, 5.41) is 2.79. The molecule has 0 aromatic carbocycles. The highest BCUT2D eigenvalue weighted by Crippen LogP contribution is 2.39. The van der Waals surface area contributed by atoms with E-state index in [1.807, 2.05) is 4.90 Å². The monoisotopic (exact) mass is 236 g/mol. The molecule has 94 valence electrons. The summed E-state index contributed by atoms with van der Waals surface area (Å²) in [7, 11) is 0. The van der Waals surface area contributed by atoms with Gasteiger partial charge in [0.05, 0.1) is 5.41 Å². The summed E-state index contributed by atoms with van der Waals surface area (Å²) in [5.41, 5.74) is 0.281. The van der Waals surface area contributed by atoms with Crippen LogP contribution in [0.3, 0.4) is 0 Å². The molecule has 4 nitrogen and oxygen atoms in total. The number of carbonyl (C=O) groups excluding carboxylic acids is 2. The topological polar surface area (TPSA) is 49.4 Å². The Kier molecular flexibility index (Phi) is 2.98. The third-order valence-electron chi connectivity index (χ3n) is 3.60. The number of nitrogens with zero attached hydrogens (tertiary/aromatic N) is 1. The molecular weight excluding hydrogens is 216 g/mol. The Labute approximate surface area is 102 Å². The van der Waals surface area contributed by atoms with Gasteiger partial charge in [0.2, 0.25) is 11.8 Å². The second kappa shape index (κ2) is 4.17. The molecule has 0 aliphatic carbocycles. The summed E-state index contributed by atoms with van der Waals surface area (Å²) in [6, 6.07) is 0. The van der Waals surface area contributed by atoms with Crippen molar-refractivity contribution in [1.82, 2.24) is 10.2 Å². The van der Waals surface area contributed by atoms with E-state index in [4.69, 9.17) is 0 Å². The standard InChI is InChI=1S/C13H20N2O2/c1-9(2)7-15-8-13(6-11(15)16)5-4-10(3)14-12(13)17/h9H,3-8H2,1-2H3,(H,14,17). The number of hydrogen-bond acceptors (Lipinski definition) is 2. The minimum absolute atomic E-state index is 0.0200. The minimum atomic E-state index is -0.493. The van der Waals surface area contributed by atoms with Crippen molar-refractivity contribution >= 4 is 11.8 Å². The van der Waals surface area contributed by atoms with Crippen molar-refractivity contribution in [2.45, 2.75) is 33.1 Å². The van der Waals surface area contributed by atoms with Gasteiger partial charge >= 0.3 is 0 Å². The van der Waals surface area contributed by atoms with Gasteiger partial charge in [-0.1, -0.05) is 20.4 Å². The number of nitrogens with one attached hydrogen (secondary N) is 1. The average Bonchev–Trinajstić information content (AvgIpc) is 2.51. The molecule has 2 aliphatic rings. The van der Waals surface area contributed by atoms with Crippen molar-refractivity contribution in [2.24, 2.45) is 11.3 Å². The molecule has 0 bridgehead atoms. The molecule has 1 spiro atoms. The van der Waals surface area contributed by atoms with E-state index >= 15 is 0 Å². The maximum absolute atomic E-state index is 12.1. The molecule has 17 heavy (non-hydrogen) atoms. The van der Waals surface area contributed by atoms with Crippen molar-refractivity contribution < 1.29 is 9.59 Å². The number of hydrogen-bond donors (Lipinski definition) is 1. The van der Waals surface area contributed by atoms with E-state index in [1.54, 1.807) is 0 Å².